The van der Waals surface area contributed by atoms with Gasteiger partial charge in [0.15, 0.2) is 0 Å². The summed E-state index contributed by atoms with van der Waals surface area (Å²) >= 11 is 0. The minimum atomic E-state index is -1.03. The Morgan fingerprint density at radius 1 is 1.17 bits per heavy atom. The zero-order valence-electron chi connectivity index (χ0n) is 11.6. The summed E-state index contributed by atoms with van der Waals surface area (Å²) in [5.74, 6) is -3.10. The van der Waals surface area contributed by atoms with Gasteiger partial charge in [-0.1, -0.05) is 13.8 Å². The van der Waals surface area contributed by atoms with E-state index in [0.717, 1.165) is 0 Å². The molecule has 0 fully saturated rings. The fourth-order valence-corrected chi connectivity index (χ4v) is 1.33. The van der Waals surface area contributed by atoms with E-state index in [1.54, 1.807) is 14.0 Å². The van der Waals surface area contributed by atoms with Crippen molar-refractivity contribution in [1.82, 2.24) is 10.2 Å². The highest BCUT2D eigenvalue weighted by atomic mass is 16.4. The third-order valence-corrected chi connectivity index (χ3v) is 3.13. The standard InChI is InChI=1S/C12H22N2O4/c1-6-14(5)11(16)9(4)13-10(15)7(2)8(3)12(17)18/h7-9H,6H2,1-5H3,(H,13,15)(H,17,18). The molecular weight excluding hydrogens is 236 g/mol. The lowest BCUT2D eigenvalue weighted by Gasteiger charge is -2.23. The monoisotopic (exact) mass is 258 g/mol. The first-order valence-corrected chi connectivity index (χ1v) is 6.00. The minimum Gasteiger partial charge on any atom is -0.481 e. The Hall–Kier alpha value is -1.59. The van der Waals surface area contributed by atoms with Crippen LogP contribution in [0.2, 0.25) is 0 Å². The summed E-state index contributed by atoms with van der Waals surface area (Å²) in [6, 6.07) is -0.647. The molecule has 0 saturated carbocycles. The molecule has 3 unspecified atom stereocenters. The number of carbonyl (C=O) groups excluding carboxylic acids is 2. The van der Waals surface area contributed by atoms with E-state index in [9.17, 15) is 14.4 Å². The smallest absolute Gasteiger partial charge is 0.307 e. The average molecular weight is 258 g/mol. The molecule has 0 spiro atoms. The fraction of sp³-hybridized carbons (Fsp3) is 0.750. The second-order valence-electron chi connectivity index (χ2n) is 4.50. The molecule has 0 saturated heterocycles. The number of nitrogens with zero attached hydrogens (tertiary/aromatic N) is 1. The van der Waals surface area contributed by atoms with Crippen molar-refractivity contribution < 1.29 is 19.5 Å². The molecule has 0 aliphatic carbocycles. The van der Waals surface area contributed by atoms with Crippen molar-refractivity contribution in [3.05, 3.63) is 0 Å². The summed E-state index contributed by atoms with van der Waals surface area (Å²) in [6.07, 6.45) is 0. The first-order chi connectivity index (χ1) is 8.22. The van der Waals surface area contributed by atoms with Gasteiger partial charge in [0, 0.05) is 19.5 Å². The summed E-state index contributed by atoms with van der Waals surface area (Å²) in [4.78, 5) is 35.8. The second-order valence-corrected chi connectivity index (χ2v) is 4.50. The van der Waals surface area contributed by atoms with Crippen LogP contribution in [-0.4, -0.2) is 47.4 Å². The van der Waals surface area contributed by atoms with Crippen molar-refractivity contribution in [2.75, 3.05) is 13.6 Å². The molecule has 0 aromatic carbocycles. The predicted octanol–water partition coefficient (Wildman–Crippen LogP) is 0.326. The van der Waals surface area contributed by atoms with Gasteiger partial charge in [-0.3, -0.25) is 14.4 Å². The lowest BCUT2D eigenvalue weighted by atomic mass is 9.95. The van der Waals surface area contributed by atoms with E-state index >= 15 is 0 Å². The summed E-state index contributed by atoms with van der Waals surface area (Å²) < 4.78 is 0. The molecule has 6 heteroatoms. The van der Waals surface area contributed by atoms with Crippen LogP contribution in [0.25, 0.3) is 0 Å². The molecule has 2 amide bonds. The zero-order valence-corrected chi connectivity index (χ0v) is 11.6. The second kappa shape index (κ2) is 6.98. The normalized spacial score (nSPS) is 15.4. The summed E-state index contributed by atoms with van der Waals surface area (Å²) in [5.41, 5.74) is 0. The Morgan fingerprint density at radius 3 is 2.06 bits per heavy atom. The van der Waals surface area contributed by atoms with E-state index in [4.69, 9.17) is 5.11 Å². The van der Waals surface area contributed by atoms with Gasteiger partial charge in [0.05, 0.1) is 5.92 Å². The first-order valence-electron chi connectivity index (χ1n) is 6.00. The third kappa shape index (κ3) is 4.35. The van der Waals surface area contributed by atoms with Gasteiger partial charge in [0.1, 0.15) is 6.04 Å². The maximum Gasteiger partial charge on any atom is 0.307 e. The van der Waals surface area contributed by atoms with Crippen molar-refractivity contribution in [2.45, 2.75) is 33.7 Å². The molecule has 104 valence electrons. The maximum absolute atomic E-state index is 11.8. The number of nitrogens with one attached hydrogen (secondary N) is 1. The largest absolute Gasteiger partial charge is 0.481 e. The molecule has 0 bridgehead atoms. The van der Waals surface area contributed by atoms with E-state index in [1.165, 1.54) is 18.7 Å². The van der Waals surface area contributed by atoms with Gasteiger partial charge >= 0.3 is 5.97 Å². The van der Waals surface area contributed by atoms with Gasteiger partial charge in [-0.15, -0.1) is 0 Å². The van der Waals surface area contributed by atoms with Crippen LogP contribution in [0.4, 0.5) is 0 Å². The molecule has 0 rings (SSSR count). The topological polar surface area (TPSA) is 86.7 Å². The Balaban J connectivity index is 4.48. The fourth-order valence-electron chi connectivity index (χ4n) is 1.33. The van der Waals surface area contributed by atoms with Crippen LogP contribution in [0.1, 0.15) is 27.7 Å². The quantitative estimate of drug-likeness (QED) is 0.718. The molecule has 0 aliphatic heterocycles. The molecule has 0 heterocycles. The van der Waals surface area contributed by atoms with E-state index in [0.29, 0.717) is 6.54 Å². The Morgan fingerprint density at radius 2 is 1.67 bits per heavy atom. The molecule has 0 radical (unpaired) electrons. The SMILES string of the molecule is CCN(C)C(=O)C(C)NC(=O)C(C)C(C)C(=O)O. The van der Waals surface area contributed by atoms with Crippen LogP contribution in [0.5, 0.6) is 0 Å². The molecule has 18 heavy (non-hydrogen) atoms. The van der Waals surface area contributed by atoms with Crippen molar-refractivity contribution >= 4 is 17.8 Å². The van der Waals surface area contributed by atoms with Crippen molar-refractivity contribution in [3.8, 4) is 0 Å². The number of carbonyl (C=O) groups is 3. The highest BCUT2D eigenvalue weighted by molar-refractivity contribution is 5.89. The Kier molecular flexibility index (Phi) is 6.36. The number of aliphatic carboxylic acids is 1. The first kappa shape index (κ1) is 16.4. The van der Waals surface area contributed by atoms with Gasteiger partial charge in [-0.05, 0) is 13.8 Å². The van der Waals surface area contributed by atoms with Crippen LogP contribution < -0.4 is 5.32 Å². The minimum absolute atomic E-state index is 0.193. The van der Waals surface area contributed by atoms with Crippen molar-refractivity contribution in [1.29, 1.82) is 0 Å². The highest BCUT2D eigenvalue weighted by Crippen LogP contribution is 2.11. The predicted molar refractivity (Wildman–Crippen MR) is 66.9 cm³/mol. The summed E-state index contributed by atoms with van der Waals surface area (Å²) in [7, 11) is 1.65. The van der Waals surface area contributed by atoms with Crippen LogP contribution in [0.3, 0.4) is 0 Å². The number of carboxylic acid groups (broad SMARTS) is 1. The lowest BCUT2D eigenvalue weighted by molar-refractivity contribution is -0.146. The van der Waals surface area contributed by atoms with E-state index in [-0.39, 0.29) is 5.91 Å². The van der Waals surface area contributed by atoms with Crippen LogP contribution in [0.15, 0.2) is 0 Å². The average Bonchev–Trinajstić information content (AvgIpc) is 2.34. The van der Waals surface area contributed by atoms with Crippen LogP contribution in [0, 0.1) is 11.8 Å². The Labute approximate surface area is 107 Å². The van der Waals surface area contributed by atoms with Crippen LogP contribution >= 0.6 is 0 Å². The van der Waals surface area contributed by atoms with E-state index in [1.807, 2.05) is 6.92 Å². The number of amides is 2. The van der Waals surface area contributed by atoms with Gasteiger partial charge < -0.3 is 15.3 Å². The molecule has 0 aromatic heterocycles. The molecule has 2 N–H and O–H groups in total. The molecular formula is C12H22N2O4. The van der Waals surface area contributed by atoms with Crippen molar-refractivity contribution in [2.24, 2.45) is 11.8 Å². The lowest BCUT2D eigenvalue weighted by Crippen LogP contribution is -2.48. The number of carboxylic acids is 1. The van der Waals surface area contributed by atoms with Gasteiger partial charge in [-0.2, -0.15) is 0 Å². The maximum atomic E-state index is 11.8. The molecule has 6 nitrogen and oxygen atoms in total. The molecule has 3 atom stereocenters. The van der Waals surface area contributed by atoms with Crippen LogP contribution in [-0.2, 0) is 14.4 Å². The molecule has 0 aromatic rings. The van der Waals surface area contributed by atoms with Gasteiger partial charge in [0.25, 0.3) is 0 Å². The third-order valence-electron chi connectivity index (χ3n) is 3.13. The summed E-state index contributed by atoms with van der Waals surface area (Å²) in [6.45, 7) is 6.98. The Bertz CT molecular complexity index is 330. The van der Waals surface area contributed by atoms with Crippen molar-refractivity contribution in [3.63, 3.8) is 0 Å². The zero-order chi connectivity index (χ0) is 14.5. The number of hydrogen-bond acceptors (Lipinski definition) is 3. The van der Waals surface area contributed by atoms with Gasteiger partial charge in [0.2, 0.25) is 11.8 Å². The highest BCUT2D eigenvalue weighted by Gasteiger charge is 2.28. The summed E-state index contributed by atoms with van der Waals surface area (Å²) in [5, 5.41) is 11.4. The van der Waals surface area contributed by atoms with Gasteiger partial charge in [-0.25, -0.2) is 0 Å². The number of hydrogen-bond donors (Lipinski definition) is 2. The van der Waals surface area contributed by atoms with E-state index < -0.39 is 29.8 Å². The molecule has 0 aliphatic rings. The number of likely N-dealkylation sites (N-methyl/N-ethyl adjacent to an activating group) is 1. The number of rotatable bonds is 6. The van der Waals surface area contributed by atoms with E-state index in [2.05, 4.69) is 5.32 Å².